The van der Waals surface area contributed by atoms with E-state index in [-0.39, 0.29) is 11.4 Å². The third-order valence-corrected chi connectivity index (χ3v) is 3.56. The highest BCUT2D eigenvalue weighted by Gasteiger charge is 2.28. The summed E-state index contributed by atoms with van der Waals surface area (Å²) in [6, 6.07) is 4.90. The summed E-state index contributed by atoms with van der Waals surface area (Å²) in [4.78, 5) is 0. The Morgan fingerprint density at radius 3 is 2.69 bits per heavy atom. The van der Waals surface area contributed by atoms with E-state index in [1.165, 1.54) is 6.07 Å². The van der Waals surface area contributed by atoms with Crippen molar-refractivity contribution in [1.82, 2.24) is 5.32 Å². The molecule has 0 saturated carbocycles. The van der Waals surface area contributed by atoms with Crippen LogP contribution >= 0.6 is 15.9 Å². The zero-order valence-corrected chi connectivity index (χ0v) is 10.8. The fourth-order valence-electron chi connectivity index (χ4n) is 1.88. The average molecular weight is 288 g/mol. The zero-order chi connectivity index (χ0) is 11.6. The van der Waals surface area contributed by atoms with Crippen LogP contribution in [0.1, 0.15) is 19.8 Å². The molecule has 1 aromatic rings. The number of piperidine rings is 1. The Kier molecular flexibility index (Phi) is 3.50. The molecule has 1 aromatic carbocycles. The van der Waals surface area contributed by atoms with E-state index in [4.69, 9.17) is 4.74 Å². The highest BCUT2D eigenvalue weighted by molar-refractivity contribution is 9.10. The van der Waals surface area contributed by atoms with Gasteiger partial charge in [0.2, 0.25) is 0 Å². The van der Waals surface area contributed by atoms with Crippen LogP contribution in [0.25, 0.3) is 0 Å². The van der Waals surface area contributed by atoms with Crippen molar-refractivity contribution in [3.05, 3.63) is 28.5 Å². The van der Waals surface area contributed by atoms with Crippen molar-refractivity contribution in [1.29, 1.82) is 0 Å². The van der Waals surface area contributed by atoms with Crippen LogP contribution in [0.15, 0.2) is 22.7 Å². The van der Waals surface area contributed by atoms with Gasteiger partial charge in [0.1, 0.15) is 17.2 Å². The van der Waals surface area contributed by atoms with Gasteiger partial charge in [-0.25, -0.2) is 4.39 Å². The molecule has 0 aromatic heterocycles. The fourth-order valence-corrected chi connectivity index (χ4v) is 2.13. The molecule has 1 fully saturated rings. The minimum Gasteiger partial charge on any atom is -0.487 e. The molecule has 16 heavy (non-hydrogen) atoms. The summed E-state index contributed by atoms with van der Waals surface area (Å²) >= 11 is 3.13. The Morgan fingerprint density at radius 2 is 2.06 bits per heavy atom. The number of hydrogen-bond acceptors (Lipinski definition) is 2. The first kappa shape index (κ1) is 11.9. The van der Waals surface area contributed by atoms with E-state index < -0.39 is 0 Å². The molecule has 1 N–H and O–H groups in total. The minimum absolute atomic E-state index is 0.175. The standard InChI is InChI=1S/C12H15BrFNO/c1-12(4-6-15-7-5-12)16-9-2-3-10(13)11(14)8-9/h2-3,8,15H,4-7H2,1H3. The second-order valence-electron chi connectivity index (χ2n) is 4.38. The molecule has 1 aliphatic rings. The lowest BCUT2D eigenvalue weighted by atomic mass is 9.94. The van der Waals surface area contributed by atoms with Crippen molar-refractivity contribution in [2.24, 2.45) is 0 Å². The van der Waals surface area contributed by atoms with Gasteiger partial charge in [0.15, 0.2) is 0 Å². The van der Waals surface area contributed by atoms with E-state index >= 15 is 0 Å². The topological polar surface area (TPSA) is 21.3 Å². The van der Waals surface area contributed by atoms with Gasteiger partial charge in [-0.05, 0) is 60.9 Å². The maximum atomic E-state index is 13.3. The van der Waals surface area contributed by atoms with Gasteiger partial charge in [0.05, 0.1) is 4.47 Å². The van der Waals surface area contributed by atoms with Gasteiger partial charge in [-0.1, -0.05) is 0 Å². The quantitative estimate of drug-likeness (QED) is 0.903. The molecule has 0 radical (unpaired) electrons. The van der Waals surface area contributed by atoms with Gasteiger partial charge in [-0.3, -0.25) is 0 Å². The Balaban J connectivity index is 2.10. The summed E-state index contributed by atoms with van der Waals surface area (Å²) in [5.41, 5.74) is -0.175. The Bertz CT molecular complexity index is 377. The van der Waals surface area contributed by atoms with E-state index in [9.17, 15) is 4.39 Å². The molecule has 1 heterocycles. The maximum absolute atomic E-state index is 13.3. The van der Waals surface area contributed by atoms with Gasteiger partial charge in [0.25, 0.3) is 0 Å². The predicted molar refractivity (Wildman–Crippen MR) is 65.2 cm³/mol. The number of rotatable bonds is 2. The zero-order valence-electron chi connectivity index (χ0n) is 9.22. The molecule has 1 aliphatic heterocycles. The summed E-state index contributed by atoms with van der Waals surface area (Å²) < 4.78 is 19.7. The SMILES string of the molecule is CC1(Oc2ccc(Br)c(F)c2)CCNCC1. The summed E-state index contributed by atoms with van der Waals surface area (Å²) in [7, 11) is 0. The van der Waals surface area contributed by atoms with Crippen molar-refractivity contribution in [3.8, 4) is 5.75 Å². The van der Waals surface area contributed by atoms with Crippen LogP contribution < -0.4 is 10.1 Å². The Hall–Kier alpha value is -0.610. The Labute approximate surface area is 103 Å². The fraction of sp³-hybridized carbons (Fsp3) is 0.500. The van der Waals surface area contributed by atoms with Crippen LogP contribution in [0.2, 0.25) is 0 Å². The van der Waals surface area contributed by atoms with E-state index in [0.717, 1.165) is 25.9 Å². The molecule has 2 nitrogen and oxygen atoms in total. The lowest BCUT2D eigenvalue weighted by Crippen LogP contribution is -2.43. The summed E-state index contributed by atoms with van der Waals surface area (Å²) in [5.74, 6) is 0.320. The highest BCUT2D eigenvalue weighted by Crippen LogP contribution is 2.28. The first-order chi connectivity index (χ1) is 7.59. The van der Waals surface area contributed by atoms with Crippen LogP contribution in [-0.4, -0.2) is 18.7 Å². The predicted octanol–water partition coefficient (Wildman–Crippen LogP) is 3.11. The van der Waals surface area contributed by atoms with Gasteiger partial charge < -0.3 is 10.1 Å². The van der Waals surface area contributed by atoms with E-state index in [1.807, 2.05) is 0 Å². The van der Waals surface area contributed by atoms with E-state index in [0.29, 0.717) is 10.2 Å². The van der Waals surface area contributed by atoms with Crippen LogP contribution in [-0.2, 0) is 0 Å². The minimum atomic E-state index is -0.282. The summed E-state index contributed by atoms with van der Waals surface area (Å²) in [5, 5.41) is 3.28. The van der Waals surface area contributed by atoms with Crippen LogP contribution in [0.3, 0.4) is 0 Å². The largest absolute Gasteiger partial charge is 0.487 e. The number of benzene rings is 1. The number of nitrogens with one attached hydrogen (secondary N) is 1. The summed E-state index contributed by atoms with van der Waals surface area (Å²) in [6.45, 7) is 3.98. The average Bonchev–Trinajstić information content (AvgIpc) is 2.24. The summed E-state index contributed by atoms with van der Waals surface area (Å²) in [6.07, 6.45) is 1.90. The monoisotopic (exact) mass is 287 g/mol. The molecule has 88 valence electrons. The highest BCUT2D eigenvalue weighted by atomic mass is 79.9. The molecule has 0 unspecified atom stereocenters. The molecular formula is C12H15BrFNO. The third kappa shape index (κ3) is 2.74. The van der Waals surface area contributed by atoms with Crippen LogP contribution in [0.5, 0.6) is 5.75 Å². The van der Waals surface area contributed by atoms with Crippen molar-refractivity contribution in [2.75, 3.05) is 13.1 Å². The Morgan fingerprint density at radius 1 is 1.38 bits per heavy atom. The van der Waals surface area contributed by atoms with Crippen LogP contribution in [0.4, 0.5) is 4.39 Å². The molecular weight excluding hydrogens is 273 g/mol. The third-order valence-electron chi connectivity index (χ3n) is 2.92. The number of hydrogen-bond donors (Lipinski definition) is 1. The molecule has 0 amide bonds. The smallest absolute Gasteiger partial charge is 0.141 e. The number of ether oxygens (including phenoxy) is 1. The molecule has 0 bridgehead atoms. The number of halogens is 2. The lowest BCUT2D eigenvalue weighted by molar-refractivity contribution is 0.0553. The molecule has 4 heteroatoms. The normalized spacial score (nSPS) is 19.4. The van der Waals surface area contributed by atoms with Gasteiger partial charge in [0, 0.05) is 6.07 Å². The molecule has 0 spiro atoms. The second-order valence-corrected chi connectivity index (χ2v) is 5.23. The van der Waals surface area contributed by atoms with E-state index in [2.05, 4.69) is 28.2 Å². The van der Waals surface area contributed by atoms with Crippen molar-refractivity contribution >= 4 is 15.9 Å². The second kappa shape index (κ2) is 4.72. The van der Waals surface area contributed by atoms with Gasteiger partial charge in [-0.15, -0.1) is 0 Å². The first-order valence-corrected chi connectivity index (χ1v) is 6.23. The molecule has 1 saturated heterocycles. The van der Waals surface area contributed by atoms with E-state index in [1.54, 1.807) is 12.1 Å². The maximum Gasteiger partial charge on any atom is 0.141 e. The van der Waals surface area contributed by atoms with Crippen molar-refractivity contribution < 1.29 is 9.13 Å². The van der Waals surface area contributed by atoms with Crippen molar-refractivity contribution in [3.63, 3.8) is 0 Å². The van der Waals surface area contributed by atoms with Gasteiger partial charge in [-0.2, -0.15) is 0 Å². The van der Waals surface area contributed by atoms with Crippen LogP contribution in [0, 0.1) is 5.82 Å². The molecule has 2 rings (SSSR count). The lowest BCUT2D eigenvalue weighted by Gasteiger charge is -2.34. The van der Waals surface area contributed by atoms with Crippen molar-refractivity contribution in [2.45, 2.75) is 25.4 Å². The molecule has 0 atom stereocenters. The first-order valence-electron chi connectivity index (χ1n) is 5.44. The van der Waals surface area contributed by atoms with Gasteiger partial charge >= 0.3 is 0 Å². The molecule has 0 aliphatic carbocycles.